The lowest BCUT2D eigenvalue weighted by Gasteiger charge is -2.54. The maximum Gasteiger partial charge on any atom is 0.319 e. The number of alkyl halides is 1. The van der Waals surface area contributed by atoms with Crippen LogP contribution in [0.2, 0.25) is 5.02 Å². The van der Waals surface area contributed by atoms with Gasteiger partial charge in [-0.3, -0.25) is 9.69 Å². The number of rotatable bonds is 5. The molecule has 250 valence electrons. The third-order valence-electron chi connectivity index (χ3n) is 10.7. The summed E-state index contributed by atoms with van der Waals surface area (Å²) in [5.41, 5.74) is 5.69. The quantitative estimate of drug-likeness (QED) is 0.259. The van der Waals surface area contributed by atoms with Crippen LogP contribution < -0.4 is 15.4 Å². The van der Waals surface area contributed by atoms with Crippen LogP contribution in [0.5, 0.6) is 6.01 Å². The van der Waals surface area contributed by atoms with Crippen LogP contribution in [0.15, 0.2) is 18.2 Å². The van der Waals surface area contributed by atoms with E-state index in [1.54, 1.807) is 13.0 Å². The van der Waals surface area contributed by atoms with Gasteiger partial charge in [0.2, 0.25) is 5.91 Å². The van der Waals surface area contributed by atoms with E-state index in [-0.39, 0.29) is 66.3 Å². The highest BCUT2D eigenvalue weighted by Gasteiger charge is 2.50. The Hall–Kier alpha value is -3.86. The third kappa shape index (κ3) is 4.86. The van der Waals surface area contributed by atoms with Gasteiger partial charge in [-0.15, -0.1) is 11.3 Å². The lowest BCUT2D eigenvalue weighted by Crippen LogP contribution is -2.64. The molecule has 2 N–H and O–H groups in total. The number of hydrogen-bond acceptors (Lipinski definition) is 9. The van der Waals surface area contributed by atoms with Crippen molar-refractivity contribution in [2.45, 2.75) is 50.7 Å². The van der Waals surface area contributed by atoms with Crippen molar-refractivity contribution in [1.82, 2.24) is 19.8 Å². The number of carbonyl (C=O) groups is 1. The number of nitrogens with two attached hydrogens (primary N) is 1. The number of halogens is 4. The van der Waals surface area contributed by atoms with Gasteiger partial charge < -0.3 is 20.3 Å². The predicted molar refractivity (Wildman–Crippen MR) is 179 cm³/mol. The molecule has 0 bridgehead atoms. The zero-order valence-electron chi connectivity index (χ0n) is 26.3. The van der Waals surface area contributed by atoms with Gasteiger partial charge in [-0.1, -0.05) is 17.7 Å². The summed E-state index contributed by atoms with van der Waals surface area (Å²) in [5.74, 6) is -0.853. The topological polar surface area (TPSA) is 112 Å². The number of benzene rings is 2. The van der Waals surface area contributed by atoms with Gasteiger partial charge in [-0.25, -0.2) is 13.2 Å². The fourth-order valence-electron chi connectivity index (χ4n) is 8.50. The van der Waals surface area contributed by atoms with Crippen molar-refractivity contribution in [2.75, 3.05) is 56.5 Å². The number of piperidine rings is 1. The monoisotopic (exact) mass is 695 g/mol. The number of anilines is 2. The van der Waals surface area contributed by atoms with Gasteiger partial charge in [0.1, 0.15) is 41.0 Å². The van der Waals surface area contributed by atoms with Crippen LogP contribution >= 0.6 is 22.9 Å². The molecule has 2 aromatic carbocycles. The molecule has 4 aliphatic heterocycles. The van der Waals surface area contributed by atoms with Crippen LogP contribution in [0.1, 0.15) is 44.6 Å². The fourth-order valence-corrected chi connectivity index (χ4v) is 9.74. The summed E-state index contributed by atoms with van der Waals surface area (Å²) in [5, 5.41) is 10.6. The van der Waals surface area contributed by atoms with Gasteiger partial charge in [-0.05, 0) is 49.9 Å². The van der Waals surface area contributed by atoms with Crippen molar-refractivity contribution in [1.29, 1.82) is 5.26 Å². The van der Waals surface area contributed by atoms with E-state index in [4.69, 9.17) is 27.1 Å². The molecule has 8 rings (SSSR count). The van der Waals surface area contributed by atoms with Crippen LogP contribution in [0.3, 0.4) is 0 Å². The summed E-state index contributed by atoms with van der Waals surface area (Å²) in [6.45, 7) is 5.41. The first-order valence-electron chi connectivity index (χ1n) is 16.1. The lowest BCUT2D eigenvalue weighted by atomic mass is 9.73. The first-order chi connectivity index (χ1) is 23.0. The molecule has 2 aromatic heterocycles. The number of thiophene rings is 1. The number of nitrogen functional groups attached to an aromatic ring is 1. The Morgan fingerprint density at radius 2 is 2.00 bits per heavy atom. The molecular formula is C34H33ClF3N7O2S. The summed E-state index contributed by atoms with van der Waals surface area (Å²) in [6.07, 6.45) is 2.94. The van der Waals surface area contributed by atoms with E-state index in [1.165, 1.54) is 12.1 Å². The van der Waals surface area contributed by atoms with Crippen molar-refractivity contribution in [3.05, 3.63) is 40.4 Å². The first kappa shape index (κ1) is 31.4. The van der Waals surface area contributed by atoms with E-state index in [1.807, 2.05) is 11.0 Å². The van der Waals surface area contributed by atoms with E-state index >= 15 is 4.39 Å². The molecule has 1 amide bonds. The Morgan fingerprint density at radius 1 is 1.21 bits per heavy atom. The Morgan fingerprint density at radius 3 is 2.77 bits per heavy atom. The molecule has 4 fully saturated rings. The maximum absolute atomic E-state index is 17.0. The summed E-state index contributed by atoms with van der Waals surface area (Å²) < 4.78 is 52.9. The minimum absolute atomic E-state index is 0.0338. The average molecular weight is 696 g/mol. The molecule has 0 unspecified atom stereocenters. The number of aromatic nitrogens is 2. The second-order valence-corrected chi connectivity index (χ2v) is 15.2. The Kier molecular flexibility index (Phi) is 7.43. The number of likely N-dealkylation sites (tertiary alicyclic amines) is 1. The number of amides is 1. The largest absolute Gasteiger partial charge is 0.461 e. The fraction of sp³-hybridized carbons (Fsp3) is 0.471. The minimum Gasteiger partial charge on any atom is -0.461 e. The van der Waals surface area contributed by atoms with Crippen molar-refractivity contribution in [3.63, 3.8) is 0 Å². The number of ether oxygens (including phenoxy) is 1. The van der Waals surface area contributed by atoms with Crippen molar-refractivity contribution < 1.29 is 22.7 Å². The minimum atomic E-state index is -0.942. The van der Waals surface area contributed by atoms with Crippen molar-refractivity contribution in [3.8, 4) is 23.2 Å². The number of fused-ring (bicyclic) bond motifs is 3. The van der Waals surface area contributed by atoms with Gasteiger partial charge >= 0.3 is 6.01 Å². The van der Waals surface area contributed by atoms with Gasteiger partial charge in [0.05, 0.1) is 20.8 Å². The molecule has 4 aromatic rings. The smallest absolute Gasteiger partial charge is 0.319 e. The highest BCUT2D eigenvalue weighted by Crippen LogP contribution is 2.47. The van der Waals surface area contributed by atoms with Crippen molar-refractivity contribution in [2.24, 2.45) is 5.41 Å². The number of nitriles is 1. The van der Waals surface area contributed by atoms with E-state index in [0.717, 1.165) is 43.6 Å². The predicted octanol–water partition coefficient (Wildman–Crippen LogP) is 6.30. The second-order valence-electron chi connectivity index (χ2n) is 13.8. The van der Waals surface area contributed by atoms with Crippen LogP contribution in [0, 0.1) is 28.4 Å². The summed E-state index contributed by atoms with van der Waals surface area (Å²) >= 11 is 7.79. The summed E-state index contributed by atoms with van der Waals surface area (Å²) in [6, 6.07) is 6.21. The average Bonchev–Trinajstić information content (AvgIpc) is 3.69. The molecular weight excluding hydrogens is 663 g/mol. The van der Waals surface area contributed by atoms with Crippen LogP contribution in [-0.4, -0.2) is 83.3 Å². The van der Waals surface area contributed by atoms with Crippen LogP contribution in [0.25, 0.3) is 32.1 Å². The van der Waals surface area contributed by atoms with E-state index in [0.29, 0.717) is 50.3 Å². The first-order valence-corrected chi connectivity index (χ1v) is 17.3. The number of nitrogens with zero attached hydrogens (tertiary/aromatic N) is 6. The summed E-state index contributed by atoms with van der Waals surface area (Å²) in [4.78, 5) is 27.5. The maximum atomic E-state index is 17.0. The molecule has 48 heavy (non-hydrogen) atoms. The molecule has 4 saturated heterocycles. The molecule has 0 saturated carbocycles. The van der Waals surface area contributed by atoms with Gasteiger partial charge in [0.25, 0.3) is 0 Å². The van der Waals surface area contributed by atoms with Gasteiger partial charge in [-0.2, -0.15) is 15.2 Å². The highest BCUT2D eigenvalue weighted by molar-refractivity contribution is 7.23. The van der Waals surface area contributed by atoms with E-state index < -0.39 is 23.3 Å². The summed E-state index contributed by atoms with van der Waals surface area (Å²) in [7, 11) is 0. The zero-order chi connectivity index (χ0) is 33.5. The van der Waals surface area contributed by atoms with E-state index in [2.05, 4.69) is 14.8 Å². The molecule has 6 heterocycles. The molecule has 0 aliphatic carbocycles. The van der Waals surface area contributed by atoms with Gasteiger partial charge in [0, 0.05) is 67.8 Å². The molecule has 1 spiro atoms. The molecule has 9 nitrogen and oxygen atoms in total. The molecule has 14 heteroatoms. The SMILES string of the molecule is CC(=O)N1CC2(CCCN(c3nc(OC[C@@]45CCCN4C[C@H](F)C5)nc4c(F)c(-c5ccc(F)c6sc(N)c(C#N)c56)c(Cl)cc34)C2)C1. The van der Waals surface area contributed by atoms with Crippen LogP contribution in [-0.2, 0) is 4.79 Å². The Balaban J connectivity index is 1.26. The number of hydrogen-bond donors (Lipinski definition) is 1. The molecule has 0 radical (unpaired) electrons. The molecule has 4 aliphatic rings. The van der Waals surface area contributed by atoms with Crippen LogP contribution in [0.4, 0.5) is 24.0 Å². The Labute approximate surface area is 284 Å². The standard InChI is InChI=1S/C34H33ClF3N7O2S/c1-18(46)44-15-33(16-44)6-2-8-43(14-33)31-21-10-23(35)26(20-4-5-24(37)29-25(20)22(12-39)30(40)48-29)27(38)28(21)41-32(42-31)47-17-34-7-3-9-45(34)13-19(36)11-34/h4-5,10,19H,2-3,6-9,11,13-17,40H2,1H3/t19-,34+/m1/s1. The normalized spacial score (nSPS) is 23.5. The zero-order valence-corrected chi connectivity index (χ0v) is 27.9. The Bertz CT molecular complexity index is 2050. The highest BCUT2D eigenvalue weighted by atomic mass is 35.5. The van der Waals surface area contributed by atoms with Gasteiger partial charge in [0.15, 0.2) is 5.82 Å². The second kappa shape index (κ2) is 11.4. The van der Waals surface area contributed by atoms with E-state index in [9.17, 15) is 18.8 Å². The third-order valence-corrected chi connectivity index (χ3v) is 12.1. The number of carbonyl (C=O) groups excluding carboxylic acids is 1. The molecule has 2 atom stereocenters. The lowest BCUT2D eigenvalue weighted by molar-refractivity contribution is -0.141. The van der Waals surface area contributed by atoms with Crippen molar-refractivity contribution >= 4 is 60.7 Å².